The molecule has 3 nitrogen and oxygen atoms in total. The maximum Gasteiger partial charge on any atom is 0.237 e. The maximum atomic E-state index is 5.85. The number of aromatic nitrogens is 1. The molecule has 0 atom stereocenters. The van der Waals surface area contributed by atoms with Crippen molar-refractivity contribution in [1.82, 2.24) is 4.98 Å². The lowest BCUT2D eigenvalue weighted by Gasteiger charge is -1.94. The number of para-hydroxylation sites is 3. The van der Waals surface area contributed by atoms with Gasteiger partial charge in [0, 0.05) is 11.3 Å². The summed E-state index contributed by atoms with van der Waals surface area (Å²) < 4.78 is 5.85. The minimum Gasteiger partial charge on any atom is -0.435 e. The lowest BCUT2D eigenvalue weighted by molar-refractivity contribution is 0.621. The van der Waals surface area contributed by atoms with Gasteiger partial charge in [-0.2, -0.15) is 0 Å². The Labute approximate surface area is 137 Å². The number of fused-ring (bicyclic) bond motifs is 2. The molecule has 0 fully saturated rings. The van der Waals surface area contributed by atoms with E-state index in [1.54, 1.807) is 11.3 Å². The van der Waals surface area contributed by atoms with Crippen LogP contribution in [0, 0.1) is 0 Å². The van der Waals surface area contributed by atoms with Crippen molar-refractivity contribution in [3.63, 3.8) is 0 Å². The Hall–Kier alpha value is -2.72. The first-order valence-corrected chi connectivity index (χ1v) is 8.30. The van der Waals surface area contributed by atoms with Crippen LogP contribution < -0.4 is 0 Å². The van der Waals surface area contributed by atoms with Crippen LogP contribution in [0.4, 0.5) is 5.69 Å². The fourth-order valence-electron chi connectivity index (χ4n) is 2.86. The second kappa shape index (κ2) is 4.89. The van der Waals surface area contributed by atoms with Gasteiger partial charge in [0.25, 0.3) is 0 Å². The molecule has 0 saturated heterocycles. The van der Waals surface area contributed by atoms with E-state index < -0.39 is 0 Å². The molecule has 1 aliphatic rings. The fourth-order valence-corrected chi connectivity index (χ4v) is 3.78. The van der Waals surface area contributed by atoms with Crippen LogP contribution in [-0.2, 0) is 6.42 Å². The summed E-state index contributed by atoms with van der Waals surface area (Å²) in [4.78, 5) is 11.5. The van der Waals surface area contributed by atoms with Crippen molar-refractivity contribution in [2.24, 2.45) is 4.99 Å². The molecule has 3 heterocycles. The third kappa shape index (κ3) is 2.11. The summed E-state index contributed by atoms with van der Waals surface area (Å²) >= 11 is 1.68. The molecule has 2 aromatic heterocycles. The third-order valence-electron chi connectivity index (χ3n) is 4.00. The van der Waals surface area contributed by atoms with E-state index in [0.717, 1.165) is 33.8 Å². The van der Waals surface area contributed by atoms with Gasteiger partial charge in [-0.05, 0) is 35.9 Å². The number of oxazole rings is 1. The predicted octanol–water partition coefficient (Wildman–Crippen LogP) is 5.23. The minimum atomic E-state index is 0.679. The van der Waals surface area contributed by atoms with Crippen molar-refractivity contribution in [3.05, 3.63) is 71.1 Å². The minimum absolute atomic E-state index is 0.679. The van der Waals surface area contributed by atoms with E-state index >= 15 is 0 Å². The summed E-state index contributed by atoms with van der Waals surface area (Å²) in [5.41, 5.74) is 5.21. The van der Waals surface area contributed by atoms with Crippen molar-refractivity contribution in [2.75, 3.05) is 0 Å². The van der Waals surface area contributed by atoms with Crippen LogP contribution in [0.25, 0.3) is 21.9 Å². The highest BCUT2D eigenvalue weighted by molar-refractivity contribution is 7.17. The number of nitrogens with zero attached hydrogens (tertiary/aromatic N) is 2. The van der Waals surface area contributed by atoms with Gasteiger partial charge in [0.05, 0.1) is 16.3 Å². The summed E-state index contributed by atoms with van der Waals surface area (Å²) in [5, 5.41) is 0. The fraction of sp³-hybridized carbons (Fsp3) is 0.0526. The van der Waals surface area contributed by atoms with Gasteiger partial charge in [-0.25, -0.2) is 4.98 Å². The standard InChI is InChI=1S/C19H12N2OS/c1-2-6-13-12(5-1)11-15(20-13)17-9-10-18(23-17)19-21-14-7-3-4-8-16(14)22-19/h1-10H,11H2. The summed E-state index contributed by atoms with van der Waals surface area (Å²) in [6.07, 6.45) is 0.893. The van der Waals surface area contributed by atoms with Crippen molar-refractivity contribution in [2.45, 2.75) is 6.42 Å². The van der Waals surface area contributed by atoms with E-state index in [0.29, 0.717) is 5.89 Å². The Morgan fingerprint density at radius 1 is 0.870 bits per heavy atom. The zero-order chi connectivity index (χ0) is 15.2. The van der Waals surface area contributed by atoms with Gasteiger partial charge in [0.1, 0.15) is 5.52 Å². The van der Waals surface area contributed by atoms with Crippen molar-refractivity contribution >= 4 is 33.8 Å². The monoisotopic (exact) mass is 316 g/mol. The van der Waals surface area contributed by atoms with Crippen molar-refractivity contribution < 1.29 is 4.42 Å². The highest BCUT2D eigenvalue weighted by Gasteiger charge is 2.18. The smallest absolute Gasteiger partial charge is 0.237 e. The zero-order valence-corrected chi connectivity index (χ0v) is 13.0. The molecule has 23 heavy (non-hydrogen) atoms. The summed E-state index contributed by atoms with van der Waals surface area (Å²) in [6, 6.07) is 20.3. The summed E-state index contributed by atoms with van der Waals surface area (Å²) in [5.74, 6) is 0.679. The van der Waals surface area contributed by atoms with Gasteiger partial charge in [-0.3, -0.25) is 4.99 Å². The van der Waals surface area contributed by atoms with Crippen LogP contribution >= 0.6 is 11.3 Å². The van der Waals surface area contributed by atoms with Crippen LogP contribution in [0.3, 0.4) is 0 Å². The average molecular weight is 316 g/mol. The Bertz CT molecular complexity index is 1020. The van der Waals surface area contributed by atoms with Gasteiger partial charge < -0.3 is 4.42 Å². The van der Waals surface area contributed by atoms with Gasteiger partial charge in [0.15, 0.2) is 5.58 Å². The Balaban J connectivity index is 1.52. The Morgan fingerprint density at radius 3 is 2.61 bits per heavy atom. The van der Waals surface area contributed by atoms with Crippen LogP contribution in [-0.4, -0.2) is 10.7 Å². The van der Waals surface area contributed by atoms with Crippen molar-refractivity contribution in [1.29, 1.82) is 0 Å². The second-order valence-electron chi connectivity index (χ2n) is 5.51. The number of aliphatic imine (C=N–C) groups is 1. The summed E-state index contributed by atoms with van der Waals surface area (Å²) in [7, 11) is 0. The lowest BCUT2D eigenvalue weighted by atomic mass is 10.1. The molecular weight excluding hydrogens is 304 g/mol. The molecule has 0 amide bonds. The zero-order valence-electron chi connectivity index (χ0n) is 12.2. The molecule has 0 saturated carbocycles. The molecule has 0 aliphatic carbocycles. The van der Waals surface area contributed by atoms with Crippen LogP contribution in [0.2, 0.25) is 0 Å². The molecule has 2 aromatic carbocycles. The maximum absolute atomic E-state index is 5.85. The van der Waals surface area contributed by atoms with Gasteiger partial charge in [0.2, 0.25) is 5.89 Å². The van der Waals surface area contributed by atoms with E-state index in [1.165, 1.54) is 10.4 Å². The average Bonchev–Trinajstić information content (AvgIpc) is 3.30. The first kappa shape index (κ1) is 12.8. The molecular formula is C19H12N2OS. The lowest BCUT2D eigenvalue weighted by Crippen LogP contribution is -1.96. The molecule has 5 rings (SSSR count). The first-order valence-electron chi connectivity index (χ1n) is 7.48. The second-order valence-corrected chi connectivity index (χ2v) is 6.60. The van der Waals surface area contributed by atoms with Crippen LogP contribution in [0.5, 0.6) is 0 Å². The van der Waals surface area contributed by atoms with E-state index in [4.69, 9.17) is 9.41 Å². The number of benzene rings is 2. The van der Waals surface area contributed by atoms with E-state index in [-0.39, 0.29) is 0 Å². The molecule has 0 bridgehead atoms. The number of thiophene rings is 1. The Kier molecular flexibility index (Phi) is 2.72. The van der Waals surface area contributed by atoms with Crippen molar-refractivity contribution in [3.8, 4) is 10.8 Å². The molecule has 4 heteroatoms. The summed E-state index contributed by atoms with van der Waals surface area (Å²) in [6.45, 7) is 0. The van der Waals surface area contributed by atoms with Crippen LogP contribution in [0.15, 0.2) is 70.1 Å². The quantitative estimate of drug-likeness (QED) is 0.507. The normalized spacial score (nSPS) is 13.3. The molecule has 0 radical (unpaired) electrons. The van der Waals surface area contributed by atoms with E-state index in [1.807, 2.05) is 30.3 Å². The molecule has 0 spiro atoms. The molecule has 4 aromatic rings. The molecule has 0 N–H and O–H groups in total. The molecule has 0 unspecified atom stereocenters. The largest absolute Gasteiger partial charge is 0.435 e. The predicted molar refractivity (Wildman–Crippen MR) is 93.7 cm³/mol. The van der Waals surface area contributed by atoms with Gasteiger partial charge >= 0.3 is 0 Å². The Morgan fingerprint density at radius 2 is 1.70 bits per heavy atom. The molecule has 1 aliphatic heterocycles. The van der Waals surface area contributed by atoms with Gasteiger partial charge in [-0.1, -0.05) is 30.3 Å². The van der Waals surface area contributed by atoms with E-state index in [9.17, 15) is 0 Å². The highest BCUT2D eigenvalue weighted by Crippen LogP contribution is 2.34. The number of hydrogen-bond acceptors (Lipinski definition) is 4. The van der Waals surface area contributed by atoms with E-state index in [2.05, 4.69) is 35.3 Å². The van der Waals surface area contributed by atoms with Crippen LogP contribution in [0.1, 0.15) is 10.4 Å². The molecule has 110 valence electrons. The SMILES string of the molecule is c1ccc2c(c1)CC(c1ccc(-c3nc4ccccc4o3)s1)=N2. The highest BCUT2D eigenvalue weighted by atomic mass is 32.1. The third-order valence-corrected chi connectivity index (χ3v) is 5.12. The number of rotatable bonds is 2. The topological polar surface area (TPSA) is 38.4 Å². The number of hydrogen-bond donors (Lipinski definition) is 0. The van der Waals surface area contributed by atoms with Gasteiger partial charge in [-0.15, -0.1) is 11.3 Å². The first-order chi connectivity index (χ1) is 11.4.